The average molecular weight is 413 g/mol. The molecular formula is C24H28FNO4. The normalized spacial score (nSPS) is 28.2. The van der Waals surface area contributed by atoms with Crippen molar-refractivity contribution in [3.63, 3.8) is 0 Å². The van der Waals surface area contributed by atoms with Crippen molar-refractivity contribution in [3.05, 3.63) is 46.9 Å². The van der Waals surface area contributed by atoms with Crippen LogP contribution < -0.4 is 0 Å². The van der Waals surface area contributed by atoms with Crippen LogP contribution in [0.1, 0.15) is 57.9 Å². The van der Waals surface area contributed by atoms with Crippen LogP contribution in [0.5, 0.6) is 0 Å². The van der Waals surface area contributed by atoms with Crippen molar-refractivity contribution in [2.24, 2.45) is 16.3 Å². The molecule has 5 nitrogen and oxygen atoms in total. The first kappa shape index (κ1) is 20.9. The molecule has 0 bridgehead atoms. The van der Waals surface area contributed by atoms with E-state index in [9.17, 15) is 14.0 Å². The third-order valence-electron chi connectivity index (χ3n) is 6.25. The van der Waals surface area contributed by atoms with Gasteiger partial charge in [-0.15, -0.1) is 0 Å². The quantitative estimate of drug-likeness (QED) is 0.688. The Labute approximate surface area is 176 Å². The van der Waals surface area contributed by atoms with Gasteiger partial charge in [-0.1, -0.05) is 32.0 Å². The number of hydrogen-bond donors (Lipinski definition) is 0. The summed E-state index contributed by atoms with van der Waals surface area (Å²) in [5, 5.41) is 0. The summed E-state index contributed by atoms with van der Waals surface area (Å²) in [7, 11) is 0. The lowest BCUT2D eigenvalue weighted by Gasteiger charge is -2.41. The lowest BCUT2D eigenvalue weighted by atomic mass is 9.63. The summed E-state index contributed by atoms with van der Waals surface area (Å²) in [6.45, 7) is 6.63. The van der Waals surface area contributed by atoms with Crippen LogP contribution in [-0.4, -0.2) is 36.8 Å². The van der Waals surface area contributed by atoms with Crippen molar-refractivity contribution in [2.75, 3.05) is 13.2 Å². The number of carbonyl (C=O) groups is 2. The van der Waals surface area contributed by atoms with Crippen LogP contribution in [0.4, 0.5) is 4.39 Å². The highest BCUT2D eigenvalue weighted by Gasteiger charge is 2.48. The van der Waals surface area contributed by atoms with E-state index in [1.54, 1.807) is 25.1 Å². The summed E-state index contributed by atoms with van der Waals surface area (Å²) in [5.74, 6) is -2.34. The van der Waals surface area contributed by atoms with Gasteiger partial charge in [0.2, 0.25) is 0 Å². The highest BCUT2D eigenvalue weighted by atomic mass is 19.1. The molecule has 0 spiro atoms. The molecule has 0 aromatic heterocycles. The average Bonchev–Trinajstić information content (AvgIpc) is 3.18. The number of benzene rings is 1. The minimum Gasteiger partial charge on any atom is -0.460 e. The highest BCUT2D eigenvalue weighted by Crippen LogP contribution is 2.47. The smallest absolute Gasteiger partial charge is 0.336 e. The van der Waals surface area contributed by atoms with Gasteiger partial charge in [0.05, 0.1) is 17.6 Å². The fraction of sp³-hybridized carbons (Fsp3) is 0.542. The molecule has 4 rings (SSSR count). The molecule has 3 aliphatic rings. The number of ketones is 1. The summed E-state index contributed by atoms with van der Waals surface area (Å²) in [4.78, 5) is 31.0. The number of ether oxygens (including phenoxy) is 2. The zero-order valence-electron chi connectivity index (χ0n) is 17.7. The monoisotopic (exact) mass is 413 g/mol. The standard InChI is InChI=1S/C24H28FNO4/c1-14-20(23(28)30-13-15-7-6-10-29-15)21(16-8-4-5-9-17(16)25)22-18(26-14)11-24(2,3)12-19(22)27/h4-5,8-9,15,21-22H,6-7,10-13H2,1-3H3/t15-,21-,22-/m1/s1. The lowest BCUT2D eigenvalue weighted by Crippen LogP contribution is -2.44. The van der Waals surface area contributed by atoms with Crippen LogP contribution in [0.15, 0.2) is 40.5 Å². The minimum atomic E-state index is -0.723. The molecular weight excluding hydrogens is 385 g/mol. The summed E-state index contributed by atoms with van der Waals surface area (Å²) < 4.78 is 26.0. The number of rotatable bonds is 4. The first-order valence-electron chi connectivity index (χ1n) is 10.6. The van der Waals surface area contributed by atoms with Crippen LogP contribution >= 0.6 is 0 Å². The topological polar surface area (TPSA) is 65.0 Å². The van der Waals surface area contributed by atoms with Crippen LogP contribution in [-0.2, 0) is 19.1 Å². The van der Waals surface area contributed by atoms with Crippen molar-refractivity contribution in [2.45, 2.75) is 58.5 Å². The number of allylic oxidation sites excluding steroid dienone is 1. The molecule has 1 aromatic rings. The number of aliphatic imine (C=N–C) groups is 1. The number of halogens is 1. The zero-order chi connectivity index (χ0) is 21.5. The first-order valence-corrected chi connectivity index (χ1v) is 10.6. The number of carbonyl (C=O) groups excluding carboxylic acids is 2. The van der Waals surface area contributed by atoms with Crippen molar-refractivity contribution >= 4 is 17.5 Å². The third-order valence-corrected chi connectivity index (χ3v) is 6.25. The fourth-order valence-corrected chi connectivity index (χ4v) is 4.94. The molecule has 0 radical (unpaired) electrons. The SMILES string of the molecule is CC1=C(C(=O)OC[C@H]2CCCO2)[C@@H](c2ccccc2F)[C@H]2C(=O)CC(C)(C)CC2=N1. The van der Waals surface area contributed by atoms with Crippen molar-refractivity contribution in [1.29, 1.82) is 0 Å². The minimum absolute atomic E-state index is 0.00446. The van der Waals surface area contributed by atoms with Gasteiger partial charge in [-0.05, 0) is 43.2 Å². The number of nitrogens with zero attached hydrogens (tertiary/aromatic N) is 1. The molecule has 2 heterocycles. The Hall–Kier alpha value is -2.34. The maximum absolute atomic E-state index is 14.9. The maximum atomic E-state index is 14.9. The summed E-state index contributed by atoms with van der Waals surface area (Å²) >= 11 is 0. The predicted molar refractivity (Wildman–Crippen MR) is 111 cm³/mol. The molecule has 3 atom stereocenters. The number of fused-ring (bicyclic) bond motifs is 1. The van der Waals surface area contributed by atoms with Crippen molar-refractivity contribution in [1.82, 2.24) is 0 Å². The van der Waals surface area contributed by atoms with Gasteiger partial charge in [0.15, 0.2) is 0 Å². The molecule has 1 aliphatic carbocycles. The van der Waals surface area contributed by atoms with E-state index in [-0.39, 0.29) is 29.5 Å². The number of esters is 1. The molecule has 1 aromatic carbocycles. The third kappa shape index (κ3) is 3.97. The predicted octanol–water partition coefficient (Wildman–Crippen LogP) is 4.37. The van der Waals surface area contributed by atoms with Gasteiger partial charge in [-0.25, -0.2) is 9.18 Å². The molecule has 2 fully saturated rings. The second-order valence-electron chi connectivity index (χ2n) is 9.30. The van der Waals surface area contributed by atoms with Gasteiger partial charge in [0.1, 0.15) is 18.2 Å². The molecule has 2 aliphatic heterocycles. The van der Waals surface area contributed by atoms with E-state index in [4.69, 9.17) is 9.47 Å². The van der Waals surface area contributed by atoms with E-state index in [1.807, 2.05) is 13.8 Å². The zero-order valence-corrected chi connectivity index (χ0v) is 17.7. The molecule has 0 unspecified atom stereocenters. The molecule has 160 valence electrons. The van der Waals surface area contributed by atoms with Gasteiger partial charge in [0.25, 0.3) is 0 Å². The van der Waals surface area contributed by atoms with E-state index in [0.717, 1.165) is 18.6 Å². The van der Waals surface area contributed by atoms with Crippen LogP contribution in [0.2, 0.25) is 0 Å². The largest absolute Gasteiger partial charge is 0.460 e. The summed E-state index contributed by atoms with van der Waals surface area (Å²) in [6.07, 6.45) is 2.70. The molecule has 1 saturated carbocycles. The Kier molecular flexibility index (Phi) is 5.62. The van der Waals surface area contributed by atoms with E-state index in [1.165, 1.54) is 6.07 Å². The molecule has 30 heavy (non-hydrogen) atoms. The summed E-state index contributed by atoms with van der Waals surface area (Å²) in [5.41, 5.74) is 1.64. The van der Waals surface area contributed by atoms with E-state index < -0.39 is 23.6 Å². The molecule has 1 saturated heterocycles. The Morgan fingerprint density at radius 3 is 2.73 bits per heavy atom. The lowest BCUT2D eigenvalue weighted by molar-refractivity contribution is -0.142. The van der Waals surface area contributed by atoms with Crippen molar-refractivity contribution in [3.8, 4) is 0 Å². The Morgan fingerprint density at radius 1 is 1.27 bits per heavy atom. The van der Waals surface area contributed by atoms with Gasteiger partial charge in [-0.3, -0.25) is 9.79 Å². The summed E-state index contributed by atoms with van der Waals surface area (Å²) in [6, 6.07) is 6.35. The highest BCUT2D eigenvalue weighted by molar-refractivity contribution is 6.12. The Balaban J connectivity index is 1.74. The second kappa shape index (κ2) is 8.06. The van der Waals surface area contributed by atoms with Crippen LogP contribution in [0, 0.1) is 17.2 Å². The van der Waals surface area contributed by atoms with Crippen LogP contribution in [0.3, 0.4) is 0 Å². The first-order chi connectivity index (χ1) is 14.3. The van der Waals surface area contributed by atoms with Crippen molar-refractivity contribution < 1.29 is 23.5 Å². The van der Waals surface area contributed by atoms with E-state index in [0.29, 0.717) is 30.7 Å². The molecule has 0 amide bonds. The Bertz CT molecular complexity index is 927. The van der Waals surface area contributed by atoms with Gasteiger partial charge < -0.3 is 9.47 Å². The second-order valence-corrected chi connectivity index (χ2v) is 9.30. The molecule has 6 heteroatoms. The van der Waals surface area contributed by atoms with Gasteiger partial charge in [0, 0.05) is 30.4 Å². The van der Waals surface area contributed by atoms with Gasteiger partial charge in [-0.2, -0.15) is 0 Å². The maximum Gasteiger partial charge on any atom is 0.336 e. The van der Waals surface area contributed by atoms with E-state index >= 15 is 0 Å². The number of hydrogen-bond acceptors (Lipinski definition) is 5. The van der Waals surface area contributed by atoms with E-state index in [2.05, 4.69) is 4.99 Å². The van der Waals surface area contributed by atoms with Crippen LogP contribution in [0.25, 0.3) is 0 Å². The number of Topliss-reactive ketones (excluding diaryl/α,β-unsaturated/α-hetero) is 1. The Morgan fingerprint density at radius 2 is 2.03 bits per heavy atom. The van der Waals surface area contributed by atoms with Gasteiger partial charge >= 0.3 is 5.97 Å². The molecule has 0 N–H and O–H groups in total. The fourth-order valence-electron chi connectivity index (χ4n) is 4.94.